The first-order valence-corrected chi connectivity index (χ1v) is 14.6. The summed E-state index contributed by atoms with van der Waals surface area (Å²) >= 11 is 38.2. The molecule has 0 fully saturated rings. The maximum Gasteiger partial charge on any atom is 0.311 e. The predicted octanol–water partition coefficient (Wildman–Crippen LogP) is 11.2. The average Bonchev–Trinajstić information content (AvgIpc) is 2.95. The van der Waals surface area contributed by atoms with Crippen molar-refractivity contribution in [2.24, 2.45) is 0 Å². The van der Waals surface area contributed by atoms with E-state index in [9.17, 15) is 29.0 Å². The van der Waals surface area contributed by atoms with Crippen molar-refractivity contribution >= 4 is 81.0 Å². The first-order valence-electron chi connectivity index (χ1n) is 12.4. The Morgan fingerprint density at radius 1 is 0.578 bits per heavy atom. The van der Waals surface area contributed by atoms with Crippen molar-refractivity contribution in [1.29, 1.82) is 0 Å². The Hall–Kier alpha value is -3.32. The third kappa shape index (κ3) is 7.40. The molecular formula is C28H16Cl6F2N2O7. The summed E-state index contributed by atoms with van der Waals surface area (Å²) in [5.41, 5.74) is -1.62. The van der Waals surface area contributed by atoms with Gasteiger partial charge >= 0.3 is 11.4 Å². The number of benzene rings is 4. The Morgan fingerprint density at radius 3 is 1.20 bits per heavy atom. The van der Waals surface area contributed by atoms with Gasteiger partial charge in [0.05, 0.1) is 41.1 Å². The zero-order chi connectivity index (χ0) is 33.0. The zero-order valence-electron chi connectivity index (χ0n) is 22.2. The van der Waals surface area contributed by atoms with E-state index in [2.05, 4.69) is 0 Å². The van der Waals surface area contributed by atoms with Gasteiger partial charge in [0.2, 0.25) is 11.5 Å². The second-order valence-corrected chi connectivity index (χ2v) is 11.3. The second kappa shape index (κ2) is 14.8. The van der Waals surface area contributed by atoms with Crippen molar-refractivity contribution in [3.05, 3.63) is 98.9 Å². The van der Waals surface area contributed by atoms with Crippen molar-refractivity contribution in [3.8, 4) is 45.3 Å². The maximum atomic E-state index is 13.3. The van der Waals surface area contributed by atoms with Gasteiger partial charge in [-0.1, -0.05) is 69.6 Å². The third-order valence-corrected chi connectivity index (χ3v) is 7.60. The number of hydrogen-bond donors (Lipinski definition) is 0. The number of hydrogen-bond acceptors (Lipinski definition) is 7. The highest BCUT2D eigenvalue weighted by Gasteiger charge is 2.32. The minimum absolute atomic E-state index is 0.0322. The lowest BCUT2D eigenvalue weighted by Gasteiger charge is -2.21. The van der Waals surface area contributed by atoms with Crippen LogP contribution in [0.3, 0.4) is 0 Å². The Kier molecular flexibility index (Phi) is 11.4. The first kappa shape index (κ1) is 34.6. The summed E-state index contributed by atoms with van der Waals surface area (Å²) in [5, 5.41) is 23.9. The molecule has 0 heterocycles. The fourth-order valence-electron chi connectivity index (χ4n) is 4.29. The van der Waals surface area contributed by atoms with E-state index in [1.54, 1.807) is 0 Å². The van der Waals surface area contributed by atoms with Crippen LogP contribution in [-0.2, 0) is 0 Å². The smallest absolute Gasteiger partial charge is 0.311 e. The highest BCUT2D eigenvalue weighted by atomic mass is 35.5. The van der Waals surface area contributed by atoms with E-state index >= 15 is 0 Å². The molecule has 0 bridgehead atoms. The van der Waals surface area contributed by atoms with Gasteiger partial charge in [0.1, 0.15) is 38.1 Å². The van der Waals surface area contributed by atoms with E-state index in [4.69, 9.17) is 83.8 Å². The van der Waals surface area contributed by atoms with Crippen LogP contribution in [0.4, 0.5) is 20.2 Å². The number of nitro benzene ring substituents is 2. The zero-order valence-corrected chi connectivity index (χ0v) is 26.8. The summed E-state index contributed by atoms with van der Waals surface area (Å²) in [6.07, 6.45) is 0. The molecule has 0 saturated heterocycles. The Bertz CT molecular complexity index is 1640. The van der Waals surface area contributed by atoms with Gasteiger partial charge in [-0.2, -0.15) is 0 Å². The standard InChI is InChI=1S/C28H16Cl6F2N2O7/c29-13-9-15(31)23(16(32)10-13)25-21(3-1-19(37(39)40)27(25)43-7-5-35)45-22-4-2-20(38(41)42)28(44-8-6-36)26(22)24-17(33)11-14(30)12-18(24)34/h1-4,9-12H,5-8H2. The van der Waals surface area contributed by atoms with Crippen LogP contribution in [0.2, 0.25) is 30.1 Å². The number of nitro groups is 2. The normalized spacial score (nSPS) is 10.9. The molecule has 4 aromatic carbocycles. The van der Waals surface area contributed by atoms with Crippen LogP contribution in [0.25, 0.3) is 22.3 Å². The minimum Gasteiger partial charge on any atom is -0.484 e. The minimum atomic E-state index is -1.01. The summed E-state index contributed by atoms with van der Waals surface area (Å²) in [4.78, 5) is 22.5. The van der Waals surface area contributed by atoms with Crippen molar-refractivity contribution < 1.29 is 32.8 Å². The largest absolute Gasteiger partial charge is 0.484 e. The molecule has 9 nitrogen and oxygen atoms in total. The summed E-state index contributed by atoms with van der Waals surface area (Å²) in [7, 11) is 0. The van der Waals surface area contributed by atoms with E-state index in [0.717, 1.165) is 12.1 Å². The number of ether oxygens (including phenoxy) is 3. The lowest BCUT2D eigenvalue weighted by molar-refractivity contribution is -0.385. The fraction of sp³-hybridized carbons (Fsp3) is 0.143. The number of halogens is 8. The van der Waals surface area contributed by atoms with Crippen LogP contribution < -0.4 is 14.2 Å². The van der Waals surface area contributed by atoms with E-state index in [0.29, 0.717) is 0 Å². The van der Waals surface area contributed by atoms with E-state index in [-0.39, 0.29) is 63.9 Å². The molecule has 0 saturated carbocycles. The summed E-state index contributed by atoms with van der Waals surface area (Å²) < 4.78 is 43.8. The lowest BCUT2D eigenvalue weighted by Crippen LogP contribution is -2.06. The molecule has 45 heavy (non-hydrogen) atoms. The molecule has 236 valence electrons. The average molecular weight is 743 g/mol. The molecule has 0 radical (unpaired) electrons. The second-order valence-electron chi connectivity index (χ2n) is 8.75. The third-order valence-electron chi connectivity index (χ3n) is 5.97. The van der Waals surface area contributed by atoms with Crippen LogP contribution in [-0.4, -0.2) is 36.4 Å². The Morgan fingerprint density at radius 2 is 0.911 bits per heavy atom. The van der Waals surface area contributed by atoms with Crippen molar-refractivity contribution in [3.63, 3.8) is 0 Å². The molecule has 4 aromatic rings. The van der Waals surface area contributed by atoms with Gasteiger partial charge in [0.15, 0.2) is 0 Å². The summed E-state index contributed by atoms with van der Waals surface area (Å²) in [6, 6.07) is 9.62. The highest BCUT2D eigenvalue weighted by Crippen LogP contribution is 2.54. The van der Waals surface area contributed by atoms with Crippen LogP contribution in [0, 0.1) is 20.2 Å². The molecule has 4 rings (SSSR count). The van der Waals surface area contributed by atoms with Gasteiger partial charge in [-0.25, -0.2) is 8.78 Å². The van der Waals surface area contributed by atoms with Crippen molar-refractivity contribution in [2.45, 2.75) is 0 Å². The van der Waals surface area contributed by atoms with Crippen LogP contribution in [0.1, 0.15) is 0 Å². The monoisotopic (exact) mass is 740 g/mol. The van der Waals surface area contributed by atoms with Gasteiger partial charge in [-0.3, -0.25) is 20.2 Å². The number of rotatable bonds is 12. The lowest BCUT2D eigenvalue weighted by atomic mass is 10.00. The summed E-state index contributed by atoms with van der Waals surface area (Å²) in [5.74, 6) is -1.32. The molecule has 0 atom stereocenters. The predicted molar refractivity (Wildman–Crippen MR) is 170 cm³/mol. The maximum absolute atomic E-state index is 13.3. The van der Waals surface area contributed by atoms with Gasteiger partial charge in [0.25, 0.3) is 0 Å². The molecule has 0 spiro atoms. The van der Waals surface area contributed by atoms with Gasteiger partial charge in [0, 0.05) is 33.3 Å². The molecule has 0 amide bonds. The van der Waals surface area contributed by atoms with Crippen molar-refractivity contribution in [1.82, 2.24) is 0 Å². The number of alkyl halides is 2. The van der Waals surface area contributed by atoms with Crippen LogP contribution in [0.5, 0.6) is 23.0 Å². The topological polar surface area (TPSA) is 114 Å². The molecule has 17 heteroatoms. The first-order chi connectivity index (χ1) is 21.4. The van der Waals surface area contributed by atoms with E-state index in [1.807, 2.05) is 0 Å². The molecule has 0 unspecified atom stereocenters. The molecule has 0 aliphatic carbocycles. The molecular weight excluding hydrogens is 727 g/mol. The van der Waals surface area contributed by atoms with Gasteiger partial charge in [-0.15, -0.1) is 0 Å². The van der Waals surface area contributed by atoms with E-state index in [1.165, 1.54) is 36.4 Å². The van der Waals surface area contributed by atoms with Gasteiger partial charge in [-0.05, 0) is 36.4 Å². The molecule has 0 aliphatic heterocycles. The van der Waals surface area contributed by atoms with Crippen LogP contribution in [0.15, 0.2) is 48.5 Å². The quantitative estimate of drug-likeness (QED) is 0.105. The Balaban J connectivity index is 2.12. The van der Waals surface area contributed by atoms with E-state index < -0.39 is 59.3 Å². The van der Waals surface area contributed by atoms with Crippen molar-refractivity contribution in [2.75, 3.05) is 26.6 Å². The molecule has 0 aliphatic rings. The van der Waals surface area contributed by atoms with Gasteiger partial charge < -0.3 is 14.2 Å². The highest BCUT2D eigenvalue weighted by molar-refractivity contribution is 6.43. The Labute approximate surface area is 283 Å². The molecule has 0 aromatic heterocycles. The SMILES string of the molecule is O=[N+]([O-])c1ccc(Oc2ccc([N+](=O)[O-])c(OCCF)c2-c2c(Cl)cc(Cl)cc2Cl)c(-c2c(Cl)cc(Cl)cc2Cl)c1OCCF. The summed E-state index contributed by atoms with van der Waals surface area (Å²) in [6.45, 7) is -3.22. The van der Waals surface area contributed by atoms with Crippen LogP contribution >= 0.6 is 69.6 Å². The molecule has 0 N–H and O–H groups in total. The fourth-order valence-corrected chi connectivity index (χ4v) is 6.30. The number of nitrogens with zero attached hydrogens (tertiary/aromatic N) is 2.